The van der Waals surface area contributed by atoms with Crippen molar-refractivity contribution < 1.29 is 18.9 Å². The average Bonchev–Trinajstić information content (AvgIpc) is 3.40. The summed E-state index contributed by atoms with van der Waals surface area (Å²) in [6, 6.07) is 11.8. The summed E-state index contributed by atoms with van der Waals surface area (Å²) in [5.74, 6) is -2.44. The van der Waals surface area contributed by atoms with Gasteiger partial charge in [0.15, 0.2) is 10.1 Å². The van der Waals surface area contributed by atoms with Crippen molar-refractivity contribution in [3.05, 3.63) is 91.6 Å². The van der Waals surface area contributed by atoms with E-state index in [9.17, 15) is 25.0 Å². The number of Topliss-reactive ketones (excluding diaryl/α,β-unsaturated/α-hetero) is 1. The molecule has 41 heavy (non-hydrogen) atoms. The largest absolute Gasteiger partial charge is 0.384 e. The number of benzene rings is 2. The fourth-order valence-corrected chi connectivity index (χ4v) is 6.71. The first-order valence-electron chi connectivity index (χ1n) is 12.1. The number of aromatic nitrogens is 2. The maximum Gasteiger partial charge on any atom is 0.271 e. The molecule has 0 spiro atoms. The molecule has 1 aliphatic carbocycles. The number of nitrogens with two attached hydrogens (primary N) is 1. The van der Waals surface area contributed by atoms with Crippen LogP contribution in [0.4, 0.5) is 20.9 Å². The van der Waals surface area contributed by atoms with Crippen LogP contribution in [-0.2, 0) is 9.59 Å². The van der Waals surface area contributed by atoms with E-state index in [1.807, 2.05) is 6.07 Å². The van der Waals surface area contributed by atoms with Crippen molar-refractivity contribution in [1.29, 1.82) is 5.26 Å². The lowest BCUT2D eigenvalue weighted by Gasteiger charge is -2.38. The Hall–Kier alpha value is -4.32. The van der Waals surface area contributed by atoms with Crippen molar-refractivity contribution in [2.45, 2.75) is 29.5 Å². The van der Waals surface area contributed by atoms with Crippen molar-refractivity contribution >= 4 is 62.9 Å². The Bertz CT molecular complexity index is 1680. The number of nitro benzene ring substituents is 1. The number of amides is 1. The number of allylic oxidation sites excluding steroid dienone is 3. The molecule has 208 valence electrons. The van der Waals surface area contributed by atoms with E-state index in [1.165, 1.54) is 47.4 Å². The van der Waals surface area contributed by atoms with Crippen molar-refractivity contribution in [3.63, 3.8) is 0 Å². The zero-order chi connectivity index (χ0) is 29.3. The Morgan fingerprint density at radius 2 is 2.10 bits per heavy atom. The predicted molar refractivity (Wildman–Crippen MR) is 152 cm³/mol. The molecule has 1 aromatic heterocycles. The summed E-state index contributed by atoms with van der Waals surface area (Å²) in [5, 5.41) is 32.3. The second-order valence-electron chi connectivity index (χ2n) is 8.95. The summed E-state index contributed by atoms with van der Waals surface area (Å²) in [4.78, 5) is 37.6. The van der Waals surface area contributed by atoms with E-state index in [0.29, 0.717) is 22.9 Å². The van der Waals surface area contributed by atoms with Gasteiger partial charge in [0.2, 0.25) is 11.0 Å². The van der Waals surface area contributed by atoms with E-state index in [2.05, 4.69) is 15.5 Å². The molecule has 15 heteroatoms. The van der Waals surface area contributed by atoms with Gasteiger partial charge in [-0.2, -0.15) is 5.26 Å². The van der Waals surface area contributed by atoms with Gasteiger partial charge in [0, 0.05) is 46.1 Å². The first-order chi connectivity index (χ1) is 19.7. The number of hydrogen-bond acceptors (Lipinski definition) is 11. The van der Waals surface area contributed by atoms with E-state index >= 15 is 4.39 Å². The summed E-state index contributed by atoms with van der Waals surface area (Å²) < 4.78 is 15.4. The van der Waals surface area contributed by atoms with Crippen LogP contribution in [0.1, 0.15) is 30.7 Å². The lowest BCUT2D eigenvalue weighted by Crippen LogP contribution is -2.39. The maximum atomic E-state index is 15.0. The minimum absolute atomic E-state index is 0.0126. The number of nitrogens with zero attached hydrogens (tertiary/aromatic N) is 5. The van der Waals surface area contributed by atoms with Gasteiger partial charge < -0.3 is 11.1 Å². The lowest BCUT2D eigenvalue weighted by atomic mass is 9.75. The van der Waals surface area contributed by atoms with Crippen LogP contribution in [0.25, 0.3) is 0 Å². The zero-order valence-corrected chi connectivity index (χ0v) is 23.4. The molecule has 1 aliphatic heterocycles. The quantitative estimate of drug-likeness (QED) is 0.204. The van der Waals surface area contributed by atoms with Crippen molar-refractivity contribution in [3.8, 4) is 6.07 Å². The number of halogens is 2. The molecular formula is C26H19ClFN7O4S2. The highest BCUT2D eigenvalue weighted by atomic mass is 35.5. The molecule has 0 radical (unpaired) electrons. The number of carbonyl (C=O) groups is 2. The second kappa shape index (κ2) is 11.7. The molecule has 11 nitrogen and oxygen atoms in total. The first-order valence-corrected chi connectivity index (χ1v) is 14.3. The van der Waals surface area contributed by atoms with Gasteiger partial charge >= 0.3 is 0 Å². The van der Waals surface area contributed by atoms with Crippen LogP contribution in [-0.4, -0.2) is 32.6 Å². The monoisotopic (exact) mass is 611 g/mol. The number of carbonyl (C=O) groups excluding carboxylic acids is 2. The van der Waals surface area contributed by atoms with Gasteiger partial charge in [-0.25, -0.2) is 4.39 Å². The minimum atomic E-state index is -1.06. The predicted octanol–water partition coefficient (Wildman–Crippen LogP) is 5.27. The maximum absolute atomic E-state index is 15.0. The number of nitrogens with one attached hydrogen (secondary N) is 1. The van der Waals surface area contributed by atoms with E-state index in [4.69, 9.17) is 17.3 Å². The average molecular weight is 612 g/mol. The number of nitro groups is 1. The third-order valence-electron chi connectivity index (χ3n) is 6.46. The van der Waals surface area contributed by atoms with Gasteiger partial charge in [-0.15, -0.1) is 10.2 Å². The Morgan fingerprint density at radius 3 is 2.83 bits per heavy atom. The Kier molecular flexibility index (Phi) is 8.02. The van der Waals surface area contributed by atoms with Gasteiger partial charge in [0.05, 0.1) is 28.2 Å². The number of anilines is 2. The molecule has 1 amide bonds. The van der Waals surface area contributed by atoms with Gasteiger partial charge in [0.1, 0.15) is 11.6 Å². The Labute approximate surface area is 245 Å². The normalized spacial score (nSPS) is 16.9. The first kappa shape index (κ1) is 28.2. The van der Waals surface area contributed by atoms with Crippen LogP contribution in [0.2, 0.25) is 5.02 Å². The molecule has 0 fully saturated rings. The highest BCUT2D eigenvalue weighted by Crippen LogP contribution is 2.49. The number of thioether (sulfide) groups is 1. The molecule has 1 unspecified atom stereocenters. The van der Waals surface area contributed by atoms with E-state index in [0.717, 1.165) is 23.1 Å². The van der Waals surface area contributed by atoms with E-state index in [-0.39, 0.29) is 62.0 Å². The smallest absolute Gasteiger partial charge is 0.271 e. The molecule has 0 bridgehead atoms. The Morgan fingerprint density at radius 1 is 1.32 bits per heavy atom. The highest BCUT2D eigenvalue weighted by molar-refractivity contribution is 8.01. The van der Waals surface area contributed by atoms with Crippen molar-refractivity contribution in [1.82, 2.24) is 10.2 Å². The summed E-state index contributed by atoms with van der Waals surface area (Å²) in [5.41, 5.74) is 7.34. The van der Waals surface area contributed by atoms with Crippen LogP contribution >= 0.6 is 34.7 Å². The van der Waals surface area contributed by atoms with Crippen molar-refractivity contribution in [2.75, 3.05) is 16.0 Å². The van der Waals surface area contributed by atoms with Gasteiger partial charge in [-0.1, -0.05) is 46.8 Å². The topological polar surface area (TPSA) is 168 Å². The molecule has 0 saturated carbocycles. The zero-order valence-electron chi connectivity index (χ0n) is 21.0. The molecule has 3 aromatic rings. The van der Waals surface area contributed by atoms with E-state index in [1.54, 1.807) is 0 Å². The number of rotatable bonds is 7. The minimum Gasteiger partial charge on any atom is -0.384 e. The molecule has 0 saturated heterocycles. The van der Waals surface area contributed by atoms with Gasteiger partial charge in [0.25, 0.3) is 5.69 Å². The lowest BCUT2D eigenvalue weighted by molar-refractivity contribution is -0.384. The Balaban J connectivity index is 1.42. The molecule has 1 atom stereocenters. The standard InChI is InChI=1S/C26H19ClFN7O4S2/c27-16-6-2-7-17(28)22(16)21-15(11-29)24(30)34(18-8-3-9-19(36)23(18)21)25-32-33-26(41-25)40-12-20(37)31-13-4-1-5-14(10-13)35(38)39/h1-2,4-7,10,21H,3,8-9,12,30H2,(H,31,37). The molecule has 3 N–H and O–H groups in total. The van der Waals surface area contributed by atoms with Crippen LogP contribution in [0.3, 0.4) is 0 Å². The third-order valence-corrected chi connectivity index (χ3v) is 8.83. The fraction of sp³-hybridized carbons (Fsp3) is 0.192. The summed E-state index contributed by atoms with van der Waals surface area (Å²) >= 11 is 8.54. The van der Waals surface area contributed by atoms with Crippen LogP contribution < -0.4 is 16.0 Å². The number of ketones is 1. The molecular weight excluding hydrogens is 593 g/mol. The summed E-state index contributed by atoms with van der Waals surface area (Å²) in [6.45, 7) is 0. The number of non-ortho nitro benzene ring substituents is 1. The summed E-state index contributed by atoms with van der Waals surface area (Å²) in [6.07, 6.45) is 1.18. The van der Waals surface area contributed by atoms with Crippen molar-refractivity contribution in [2.24, 2.45) is 5.73 Å². The van der Waals surface area contributed by atoms with Gasteiger partial charge in [-0.05, 0) is 31.0 Å². The number of nitriles is 1. The summed E-state index contributed by atoms with van der Waals surface area (Å²) in [7, 11) is 0. The molecule has 2 aliphatic rings. The van der Waals surface area contributed by atoms with Crippen LogP contribution in [0, 0.1) is 27.3 Å². The SMILES string of the molecule is N#CC1=C(N)N(c2nnc(SCC(=O)Nc3cccc([N+](=O)[O-])c3)s2)C2=C(C(=O)CCC2)C1c1c(F)cccc1Cl. The molecule has 5 rings (SSSR count). The fourth-order valence-electron chi connectivity index (χ4n) is 4.75. The highest BCUT2D eigenvalue weighted by Gasteiger charge is 2.43. The van der Waals surface area contributed by atoms with E-state index < -0.39 is 22.6 Å². The van der Waals surface area contributed by atoms with Gasteiger partial charge in [-0.3, -0.25) is 24.6 Å². The second-order valence-corrected chi connectivity index (χ2v) is 11.5. The van der Waals surface area contributed by atoms with Crippen LogP contribution in [0.15, 0.2) is 69.5 Å². The van der Waals surface area contributed by atoms with Crippen LogP contribution in [0.5, 0.6) is 0 Å². The molecule has 2 aromatic carbocycles. The molecule has 2 heterocycles. The number of hydrogen-bond donors (Lipinski definition) is 2. The third kappa shape index (κ3) is 5.51.